The Labute approximate surface area is 231 Å². The summed E-state index contributed by atoms with van der Waals surface area (Å²) >= 11 is 0. The van der Waals surface area contributed by atoms with Crippen molar-refractivity contribution >= 4 is 5.97 Å². The third-order valence-corrected chi connectivity index (χ3v) is 7.19. The summed E-state index contributed by atoms with van der Waals surface area (Å²) in [5.41, 5.74) is 4.48. The number of benzene rings is 2. The first-order valence-electron chi connectivity index (χ1n) is 13.5. The van der Waals surface area contributed by atoms with Gasteiger partial charge >= 0.3 is 5.97 Å². The van der Waals surface area contributed by atoms with Crippen molar-refractivity contribution in [3.05, 3.63) is 71.8 Å². The van der Waals surface area contributed by atoms with Crippen LogP contribution >= 0.6 is 0 Å². The minimum absolute atomic E-state index is 0.280. The van der Waals surface area contributed by atoms with Gasteiger partial charge in [-0.1, -0.05) is 60.7 Å². The van der Waals surface area contributed by atoms with Gasteiger partial charge in [0.05, 0.1) is 37.1 Å². The number of carbonyl (C=O) groups excluding carboxylic acids is 1. The van der Waals surface area contributed by atoms with Gasteiger partial charge in [0, 0.05) is 26.9 Å². The minimum atomic E-state index is -0.781. The zero-order valence-corrected chi connectivity index (χ0v) is 23.4. The molecule has 2 aliphatic rings. The van der Waals surface area contributed by atoms with Gasteiger partial charge in [-0.15, -0.1) is 0 Å². The number of rotatable bonds is 11. The van der Waals surface area contributed by atoms with E-state index < -0.39 is 36.4 Å². The topological polar surface area (TPSA) is 93.7 Å². The molecule has 0 radical (unpaired) electrons. The van der Waals surface area contributed by atoms with E-state index in [2.05, 4.69) is 5.48 Å². The minimum Gasteiger partial charge on any atom is -0.458 e. The lowest BCUT2D eigenvalue weighted by atomic mass is 9.85. The number of ether oxygens (including phenoxy) is 6. The van der Waals surface area contributed by atoms with Crippen LogP contribution in [0.15, 0.2) is 60.7 Å². The molecule has 2 aliphatic heterocycles. The first-order chi connectivity index (χ1) is 18.8. The van der Waals surface area contributed by atoms with Crippen molar-refractivity contribution in [1.29, 1.82) is 0 Å². The third-order valence-electron chi connectivity index (χ3n) is 7.19. The largest absolute Gasteiger partial charge is 0.458 e. The molecule has 2 saturated heterocycles. The Morgan fingerprint density at radius 2 is 1.56 bits per heavy atom. The summed E-state index contributed by atoms with van der Waals surface area (Å²) in [4.78, 5) is 17.9. The molecule has 0 aliphatic carbocycles. The average Bonchev–Trinajstić information content (AvgIpc) is 2.92. The van der Waals surface area contributed by atoms with Crippen LogP contribution in [0, 0.1) is 0 Å². The maximum atomic E-state index is 12.0. The van der Waals surface area contributed by atoms with Crippen LogP contribution in [0.3, 0.4) is 0 Å². The molecule has 0 saturated carbocycles. The molecule has 4 rings (SSSR count). The van der Waals surface area contributed by atoms with E-state index in [0.29, 0.717) is 26.1 Å². The van der Waals surface area contributed by atoms with E-state index in [0.717, 1.165) is 11.1 Å². The molecular weight excluding hydrogens is 502 g/mol. The number of hydrogen-bond acceptors (Lipinski definition) is 9. The number of methoxy groups -OCH3 is 1. The maximum Gasteiger partial charge on any atom is 0.303 e. The van der Waals surface area contributed by atoms with Gasteiger partial charge in [-0.05, 0) is 31.9 Å². The van der Waals surface area contributed by atoms with Gasteiger partial charge in [-0.3, -0.25) is 9.63 Å². The van der Waals surface area contributed by atoms with E-state index in [1.165, 1.54) is 6.92 Å². The molecule has 0 unspecified atom stereocenters. The van der Waals surface area contributed by atoms with E-state index >= 15 is 0 Å². The molecule has 9 nitrogen and oxygen atoms in total. The number of carbonyl (C=O) groups is 1. The van der Waals surface area contributed by atoms with Crippen LogP contribution in [-0.4, -0.2) is 61.7 Å². The lowest BCUT2D eigenvalue weighted by Crippen LogP contribution is -2.64. The van der Waals surface area contributed by atoms with Crippen molar-refractivity contribution < 1.29 is 38.1 Å². The monoisotopic (exact) mass is 543 g/mol. The summed E-state index contributed by atoms with van der Waals surface area (Å²) in [5, 5.41) is 0. The van der Waals surface area contributed by atoms with Crippen LogP contribution in [0.4, 0.5) is 0 Å². The standard InChI is InChI=1S/C30H41NO8/c1-20-28(25(16-26(33-5)36-20)34-18-23-12-8-6-9-13-23)39-27-17-30(4,29(21(2)37-27)38-22(3)32)31-35-19-24-14-10-7-11-15-24/h6-15,20-21,25-29,31H,16-19H2,1-5H3/t20-,21-,25-,26+,27-,28+,29-,30+/m0/s1. The molecule has 0 bridgehead atoms. The smallest absolute Gasteiger partial charge is 0.303 e. The summed E-state index contributed by atoms with van der Waals surface area (Å²) in [7, 11) is 1.63. The Balaban J connectivity index is 1.46. The van der Waals surface area contributed by atoms with Crippen LogP contribution in [0.1, 0.15) is 51.7 Å². The molecule has 0 spiro atoms. The molecule has 2 heterocycles. The van der Waals surface area contributed by atoms with Gasteiger partial charge in [-0.2, -0.15) is 5.48 Å². The summed E-state index contributed by atoms with van der Waals surface area (Å²) in [5.74, 6) is -0.389. The molecule has 2 fully saturated rings. The highest BCUT2D eigenvalue weighted by Crippen LogP contribution is 2.35. The molecule has 0 amide bonds. The first kappa shape index (κ1) is 29.6. The fourth-order valence-electron chi connectivity index (χ4n) is 5.25. The normalized spacial score (nSPS) is 33.0. The predicted octanol–water partition coefficient (Wildman–Crippen LogP) is 4.29. The van der Waals surface area contributed by atoms with Crippen molar-refractivity contribution in [3.63, 3.8) is 0 Å². The van der Waals surface area contributed by atoms with E-state index in [1.54, 1.807) is 7.11 Å². The molecule has 1 N–H and O–H groups in total. The quantitative estimate of drug-likeness (QED) is 0.329. The third kappa shape index (κ3) is 8.08. The SMILES string of the molecule is CO[C@H]1C[C@H](OCc2ccccc2)[C@H](O[C@H]2C[C@@](C)(NOCc3ccccc3)[C@@H](OC(C)=O)[C@H](C)O2)[C@H](C)O1. The van der Waals surface area contributed by atoms with Crippen LogP contribution in [-0.2, 0) is 51.3 Å². The molecule has 2 aromatic rings. The highest BCUT2D eigenvalue weighted by Gasteiger charge is 2.50. The Hall–Kier alpha value is -2.37. The molecule has 2 aromatic carbocycles. The second-order valence-corrected chi connectivity index (χ2v) is 10.5. The lowest BCUT2D eigenvalue weighted by molar-refractivity contribution is -0.318. The molecule has 214 valence electrons. The van der Waals surface area contributed by atoms with Crippen LogP contribution in [0.2, 0.25) is 0 Å². The van der Waals surface area contributed by atoms with Gasteiger partial charge in [-0.25, -0.2) is 0 Å². The van der Waals surface area contributed by atoms with Gasteiger partial charge < -0.3 is 28.4 Å². The Kier molecular flexibility index (Phi) is 10.5. The van der Waals surface area contributed by atoms with Gasteiger partial charge in [0.25, 0.3) is 0 Å². The molecule has 39 heavy (non-hydrogen) atoms. The Morgan fingerprint density at radius 1 is 0.949 bits per heavy atom. The second-order valence-electron chi connectivity index (χ2n) is 10.5. The molecular formula is C30H41NO8. The van der Waals surface area contributed by atoms with Gasteiger partial charge in [0.1, 0.15) is 12.2 Å². The van der Waals surface area contributed by atoms with Gasteiger partial charge in [0.15, 0.2) is 12.6 Å². The average molecular weight is 544 g/mol. The summed E-state index contributed by atoms with van der Waals surface area (Å²) in [6.45, 7) is 7.95. The summed E-state index contributed by atoms with van der Waals surface area (Å²) < 4.78 is 36.4. The zero-order valence-electron chi connectivity index (χ0n) is 23.4. The first-order valence-corrected chi connectivity index (χ1v) is 13.5. The van der Waals surface area contributed by atoms with Gasteiger partial charge in [0.2, 0.25) is 0 Å². The fraction of sp³-hybridized carbons (Fsp3) is 0.567. The Morgan fingerprint density at radius 3 is 2.18 bits per heavy atom. The van der Waals surface area contributed by atoms with E-state index in [-0.39, 0.29) is 18.2 Å². The number of esters is 1. The van der Waals surface area contributed by atoms with E-state index in [9.17, 15) is 4.79 Å². The maximum absolute atomic E-state index is 12.0. The summed E-state index contributed by atoms with van der Waals surface area (Å²) in [6, 6.07) is 19.9. The fourth-order valence-corrected chi connectivity index (χ4v) is 5.25. The van der Waals surface area contributed by atoms with Crippen molar-refractivity contribution in [3.8, 4) is 0 Å². The number of hydrogen-bond donors (Lipinski definition) is 1. The predicted molar refractivity (Wildman–Crippen MR) is 143 cm³/mol. The highest BCUT2D eigenvalue weighted by atomic mass is 16.7. The summed E-state index contributed by atoms with van der Waals surface area (Å²) in [6.07, 6.45) is -2.16. The number of nitrogens with one attached hydrogen (secondary N) is 1. The number of hydroxylamine groups is 1. The molecule has 9 heteroatoms. The van der Waals surface area contributed by atoms with E-state index in [1.807, 2.05) is 81.4 Å². The highest BCUT2D eigenvalue weighted by molar-refractivity contribution is 5.66. The Bertz CT molecular complexity index is 1020. The van der Waals surface area contributed by atoms with Crippen molar-refractivity contribution in [2.45, 2.75) is 102 Å². The lowest BCUT2D eigenvalue weighted by Gasteiger charge is -2.48. The molecule has 0 aromatic heterocycles. The van der Waals surface area contributed by atoms with Crippen LogP contribution in [0.25, 0.3) is 0 Å². The van der Waals surface area contributed by atoms with Crippen LogP contribution < -0.4 is 5.48 Å². The van der Waals surface area contributed by atoms with Crippen LogP contribution in [0.5, 0.6) is 0 Å². The zero-order chi connectivity index (χ0) is 27.8. The van der Waals surface area contributed by atoms with Crippen molar-refractivity contribution in [2.75, 3.05) is 7.11 Å². The van der Waals surface area contributed by atoms with Crippen molar-refractivity contribution in [2.24, 2.45) is 0 Å². The van der Waals surface area contributed by atoms with Crippen molar-refractivity contribution in [1.82, 2.24) is 5.48 Å². The van der Waals surface area contributed by atoms with E-state index in [4.69, 9.17) is 33.3 Å². The molecule has 8 atom stereocenters. The second kappa shape index (κ2) is 13.8.